The van der Waals surface area contributed by atoms with Gasteiger partial charge in [0.05, 0.1) is 18.3 Å². The minimum Gasteiger partial charge on any atom is -0.355 e. The predicted octanol–water partition coefficient (Wildman–Crippen LogP) is 3.57. The van der Waals surface area contributed by atoms with E-state index in [9.17, 15) is 4.79 Å². The highest BCUT2D eigenvalue weighted by molar-refractivity contribution is 6.30. The number of pyridine rings is 1. The van der Waals surface area contributed by atoms with E-state index in [0.717, 1.165) is 16.9 Å². The highest BCUT2D eigenvalue weighted by atomic mass is 35.5. The first-order valence-electron chi connectivity index (χ1n) is 7.62. The molecular formula is C18H13ClN4O2. The SMILES string of the molecule is O=C(NCc1ncc2ccccn12)c1cc(-c2ccc(Cl)cc2)on1. The van der Waals surface area contributed by atoms with E-state index in [2.05, 4.69) is 15.5 Å². The fourth-order valence-corrected chi connectivity index (χ4v) is 2.64. The average molecular weight is 353 g/mol. The molecule has 3 aromatic heterocycles. The number of nitrogens with one attached hydrogen (secondary N) is 1. The van der Waals surface area contributed by atoms with Crippen LogP contribution in [0.25, 0.3) is 16.8 Å². The zero-order chi connectivity index (χ0) is 17.2. The first-order chi connectivity index (χ1) is 12.2. The van der Waals surface area contributed by atoms with Gasteiger partial charge in [0.25, 0.3) is 5.91 Å². The van der Waals surface area contributed by atoms with Crippen molar-refractivity contribution in [3.05, 3.63) is 77.5 Å². The number of rotatable bonds is 4. The number of imidazole rings is 1. The van der Waals surface area contributed by atoms with Crippen LogP contribution in [-0.4, -0.2) is 20.4 Å². The molecule has 0 radical (unpaired) electrons. The normalized spacial score (nSPS) is 10.9. The van der Waals surface area contributed by atoms with Gasteiger partial charge in [-0.3, -0.25) is 4.79 Å². The van der Waals surface area contributed by atoms with Crippen molar-refractivity contribution in [2.75, 3.05) is 0 Å². The summed E-state index contributed by atoms with van der Waals surface area (Å²) in [6.07, 6.45) is 3.66. The molecule has 0 saturated heterocycles. The van der Waals surface area contributed by atoms with Gasteiger partial charge in [0.15, 0.2) is 11.5 Å². The molecule has 1 amide bonds. The zero-order valence-electron chi connectivity index (χ0n) is 13.0. The Labute approximate surface area is 148 Å². The highest BCUT2D eigenvalue weighted by Gasteiger charge is 2.14. The quantitative estimate of drug-likeness (QED) is 0.609. The van der Waals surface area contributed by atoms with Gasteiger partial charge < -0.3 is 14.2 Å². The molecule has 3 heterocycles. The fourth-order valence-electron chi connectivity index (χ4n) is 2.51. The number of hydrogen-bond donors (Lipinski definition) is 1. The van der Waals surface area contributed by atoms with Crippen molar-refractivity contribution in [2.24, 2.45) is 0 Å². The summed E-state index contributed by atoms with van der Waals surface area (Å²) < 4.78 is 7.16. The van der Waals surface area contributed by atoms with Gasteiger partial charge in [-0.25, -0.2) is 4.98 Å². The van der Waals surface area contributed by atoms with Gasteiger partial charge in [0.1, 0.15) is 5.82 Å². The lowest BCUT2D eigenvalue weighted by atomic mass is 10.1. The molecule has 0 bridgehead atoms. The molecule has 0 fully saturated rings. The third kappa shape index (κ3) is 3.12. The maximum atomic E-state index is 12.3. The van der Waals surface area contributed by atoms with Crippen molar-refractivity contribution in [3.8, 4) is 11.3 Å². The number of carbonyl (C=O) groups excluding carboxylic acids is 1. The van der Waals surface area contributed by atoms with Crippen LogP contribution in [0.15, 0.2) is 65.4 Å². The minimum atomic E-state index is -0.323. The standard InChI is InChI=1S/C18H13ClN4O2/c19-13-6-4-12(5-7-13)16-9-15(22-25-16)18(24)21-11-17-20-10-14-3-1-2-8-23(14)17/h1-10H,11H2,(H,21,24). The van der Waals surface area contributed by atoms with Crippen LogP contribution in [0, 0.1) is 0 Å². The third-order valence-electron chi connectivity index (χ3n) is 3.79. The second-order valence-electron chi connectivity index (χ2n) is 5.44. The number of carbonyl (C=O) groups is 1. The van der Waals surface area contributed by atoms with E-state index >= 15 is 0 Å². The Morgan fingerprint density at radius 3 is 2.88 bits per heavy atom. The summed E-state index contributed by atoms with van der Waals surface area (Å²) in [7, 11) is 0. The number of aromatic nitrogens is 3. The summed E-state index contributed by atoms with van der Waals surface area (Å²) in [5.74, 6) is 0.926. The summed E-state index contributed by atoms with van der Waals surface area (Å²) in [5.41, 5.74) is 1.99. The van der Waals surface area contributed by atoms with Crippen molar-refractivity contribution in [2.45, 2.75) is 6.54 Å². The van der Waals surface area contributed by atoms with Gasteiger partial charge in [-0.15, -0.1) is 0 Å². The average Bonchev–Trinajstić information content (AvgIpc) is 3.28. The molecular weight excluding hydrogens is 340 g/mol. The van der Waals surface area contributed by atoms with E-state index in [4.69, 9.17) is 16.1 Å². The molecule has 0 saturated carbocycles. The predicted molar refractivity (Wildman–Crippen MR) is 93.3 cm³/mol. The maximum absolute atomic E-state index is 12.3. The van der Waals surface area contributed by atoms with E-state index in [0.29, 0.717) is 17.3 Å². The van der Waals surface area contributed by atoms with Gasteiger partial charge in [0, 0.05) is 22.8 Å². The Kier molecular flexibility index (Phi) is 3.95. The molecule has 4 rings (SSSR count). The minimum absolute atomic E-state index is 0.214. The topological polar surface area (TPSA) is 72.4 Å². The third-order valence-corrected chi connectivity index (χ3v) is 4.05. The Balaban J connectivity index is 1.47. The van der Waals surface area contributed by atoms with Crippen molar-refractivity contribution >= 4 is 23.0 Å². The second kappa shape index (κ2) is 6.41. The Morgan fingerprint density at radius 1 is 1.20 bits per heavy atom. The van der Waals surface area contributed by atoms with Crippen molar-refractivity contribution in [3.63, 3.8) is 0 Å². The summed E-state index contributed by atoms with van der Waals surface area (Å²) in [5, 5.41) is 7.26. The Hall–Kier alpha value is -3.12. The second-order valence-corrected chi connectivity index (χ2v) is 5.87. The number of benzene rings is 1. The Bertz CT molecular complexity index is 1040. The van der Waals surface area contributed by atoms with Crippen LogP contribution in [0.1, 0.15) is 16.3 Å². The van der Waals surface area contributed by atoms with Crippen LogP contribution < -0.4 is 5.32 Å². The van der Waals surface area contributed by atoms with Crippen LogP contribution in [0.5, 0.6) is 0 Å². The van der Waals surface area contributed by atoms with Crippen LogP contribution in [0.4, 0.5) is 0 Å². The van der Waals surface area contributed by atoms with Crippen LogP contribution >= 0.6 is 11.6 Å². The summed E-state index contributed by atoms with van der Waals surface area (Å²) in [4.78, 5) is 16.6. The summed E-state index contributed by atoms with van der Waals surface area (Å²) in [6.45, 7) is 0.292. The number of hydrogen-bond acceptors (Lipinski definition) is 4. The van der Waals surface area contributed by atoms with Gasteiger partial charge in [-0.05, 0) is 36.4 Å². The molecule has 0 aliphatic carbocycles. The summed E-state index contributed by atoms with van der Waals surface area (Å²) >= 11 is 5.87. The van der Waals surface area contributed by atoms with Gasteiger partial charge in [-0.1, -0.05) is 22.8 Å². The lowest BCUT2D eigenvalue weighted by Crippen LogP contribution is -2.24. The van der Waals surface area contributed by atoms with Gasteiger partial charge >= 0.3 is 0 Å². The maximum Gasteiger partial charge on any atom is 0.273 e. The number of fused-ring (bicyclic) bond motifs is 1. The molecule has 0 atom stereocenters. The van der Waals surface area contributed by atoms with Gasteiger partial charge in [-0.2, -0.15) is 0 Å². The van der Waals surface area contributed by atoms with E-state index in [-0.39, 0.29) is 11.6 Å². The van der Waals surface area contributed by atoms with Gasteiger partial charge in [0.2, 0.25) is 0 Å². The molecule has 124 valence electrons. The van der Waals surface area contributed by atoms with Crippen LogP contribution in [-0.2, 0) is 6.54 Å². The smallest absolute Gasteiger partial charge is 0.273 e. The van der Waals surface area contributed by atoms with E-state index in [1.165, 1.54) is 0 Å². The fraction of sp³-hybridized carbons (Fsp3) is 0.0556. The van der Waals surface area contributed by atoms with E-state index in [1.54, 1.807) is 36.5 Å². The lowest BCUT2D eigenvalue weighted by Gasteiger charge is -2.02. The van der Waals surface area contributed by atoms with Crippen molar-refractivity contribution in [1.82, 2.24) is 19.9 Å². The first kappa shape index (κ1) is 15.4. The molecule has 1 aromatic carbocycles. The number of amides is 1. The van der Waals surface area contributed by atoms with E-state index in [1.807, 2.05) is 28.8 Å². The highest BCUT2D eigenvalue weighted by Crippen LogP contribution is 2.22. The van der Waals surface area contributed by atoms with Crippen LogP contribution in [0.2, 0.25) is 5.02 Å². The Morgan fingerprint density at radius 2 is 2.04 bits per heavy atom. The first-order valence-corrected chi connectivity index (χ1v) is 8.00. The molecule has 1 N–H and O–H groups in total. The molecule has 0 spiro atoms. The van der Waals surface area contributed by atoms with Crippen molar-refractivity contribution < 1.29 is 9.32 Å². The van der Waals surface area contributed by atoms with Crippen molar-refractivity contribution in [1.29, 1.82) is 0 Å². The van der Waals surface area contributed by atoms with E-state index < -0.39 is 0 Å². The monoisotopic (exact) mass is 352 g/mol. The lowest BCUT2D eigenvalue weighted by molar-refractivity contribution is 0.0941. The zero-order valence-corrected chi connectivity index (χ0v) is 13.8. The largest absolute Gasteiger partial charge is 0.355 e. The number of halogens is 1. The molecule has 25 heavy (non-hydrogen) atoms. The number of nitrogens with zero attached hydrogens (tertiary/aromatic N) is 3. The molecule has 0 aliphatic rings. The molecule has 4 aromatic rings. The molecule has 7 heteroatoms. The summed E-state index contributed by atoms with van der Waals surface area (Å²) in [6, 6.07) is 14.5. The molecule has 0 unspecified atom stereocenters. The molecule has 6 nitrogen and oxygen atoms in total. The van der Waals surface area contributed by atoms with Crippen LogP contribution in [0.3, 0.4) is 0 Å². The molecule has 0 aliphatic heterocycles.